The molecule has 0 saturated carbocycles. The van der Waals surface area contributed by atoms with Crippen LogP contribution in [0.3, 0.4) is 0 Å². The molecule has 0 aliphatic heterocycles. The van der Waals surface area contributed by atoms with Crippen molar-refractivity contribution in [3.8, 4) is 22.6 Å². The van der Waals surface area contributed by atoms with E-state index in [9.17, 15) is 0 Å². The summed E-state index contributed by atoms with van der Waals surface area (Å²) >= 11 is 1.61. The summed E-state index contributed by atoms with van der Waals surface area (Å²) in [6, 6.07) is 17.9. The molecular formula is C21H16N6S. The summed E-state index contributed by atoms with van der Waals surface area (Å²) in [5.74, 6) is 0.562. The van der Waals surface area contributed by atoms with Gasteiger partial charge in [-0.05, 0) is 18.2 Å². The fourth-order valence-electron chi connectivity index (χ4n) is 3.08. The first-order valence-electron chi connectivity index (χ1n) is 8.87. The highest BCUT2D eigenvalue weighted by Gasteiger charge is 2.18. The maximum absolute atomic E-state index is 4.83. The average molecular weight is 384 g/mol. The second-order valence-electron chi connectivity index (χ2n) is 6.17. The Morgan fingerprint density at radius 3 is 2.64 bits per heavy atom. The Morgan fingerprint density at radius 1 is 0.893 bits per heavy atom. The lowest BCUT2D eigenvalue weighted by atomic mass is 10.1. The van der Waals surface area contributed by atoms with E-state index in [0.29, 0.717) is 12.5 Å². The van der Waals surface area contributed by atoms with Crippen LogP contribution in [0.1, 0.15) is 5.69 Å². The van der Waals surface area contributed by atoms with Crippen LogP contribution in [-0.4, -0.2) is 24.3 Å². The number of hydrogen-bond donors (Lipinski definition) is 1. The van der Waals surface area contributed by atoms with Crippen molar-refractivity contribution in [2.24, 2.45) is 0 Å². The molecule has 4 heterocycles. The standard InChI is InChI=1S/C21H16N6S/c1-2-6-15(7-3-1)18-19(27-12-13-28-21(27)26-18)17-9-11-23-20(25-17)24-14-16-8-4-5-10-22-16/h1-13H,14H2,(H,23,24,25). The molecule has 0 radical (unpaired) electrons. The van der Waals surface area contributed by atoms with E-state index in [1.165, 1.54) is 0 Å². The third-order valence-corrected chi connectivity index (χ3v) is 5.12. The van der Waals surface area contributed by atoms with Gasteiger partial charge in [-0.1, -0.05) is 36.4 Å². The van der Waals surface area contributed by atoms with Crippen molar-refractivity contribution < 1.29 is 0 Å². The zero-order valence-corrected chi connectivity index (χ0v) is 15.7. The Morgan fingerprint density at radius 2 is 1.79 bits per heavy atom. The van der Waals surface area contributed by atoms with Crippen molar-refractivity contribution in [2.45, 2.75) is 6.54 Å². The number of anilines is 1. The number of rotatable bonds is 5. The predicted octanol–water partition coefficient (Wildman–Crippen LogP) is 4.53. The number of benzene rings is 1. The van der Waals surface area contributed by atoms with Gasteiger partial charge in [-0.15, -0.1) is 11.3 Å². The van der Waals surface area contributed by atoms with Crippen LogP contribution in [0.2, 0.25) is 0 Å². The molecule has 1 N–H and O–H groups in total. The van der Waals surface area contributed by atoms with Gasteiger partial charge in [0.15, 0.2) is 4.96 Å². The van der Waals surface area contributed by atoms with Crippen LogP contribution >= 0.6 is 11.3 Å². The number of nitrogens with one attached hydrogen (secondary N) is 1. The number of fused-ring (bicyclic) bond motifs is 1. The summed E-state index contributed by atoms with van der Waals surface area (Å²) in [5.41, 5.74) is 4.71. The van der Waals surface area contributed by atoms with Crippen molar-refractivity contribution in [3.05, 3.63) is 84.3 Å². The maximum atomic E-state index is 4.83. The van der Waals surface area contributed by atoms with Crippen LogP contribution in [0.4, 0.5) is 5.95 Å². The number of nitrogens with zero attached hydrogens (tertiary/aromatic N) is 5. The van der Waals surface area contributed by atoms with E-state index in [4.69, 9.17) is 9.97 Å². The van der Waals surface area contributed by atoms with Crippen LogP contribution in [0.15, 0.2) is 78.6 Å². The van der Waals surface area contributed by atoms with Crippen LogP contribution in [0.5, 0.6) is 0 Å². The Labute approximate surface area is 165 Å². The number of aromatic nitrogens is 5. The Bertz CT molecular complexity index is 1210. The first kappa shape index (κ1) is 16.6. The summed E-state index contributed by atoms with van der Waals surface area (Å²) in [7, 11) is 0. The second kappa shape index (κ2) is 7.21. The lowest BCUT2D eigenvalue weighted by molar-refractivity contribution is 1.00. The predicted molar refractivity (Wildman–Crippen MR) is 111 cm³/mol. The quantitative estimate of drug-likeness (QED) is 0.482. The van der Waals surface area contributed by atoms with Gasteiger partial charge in [-0.3, -0.25) is 9.38 Å². The average Bonchev–Trinajstić information content (AvgIpc) is 3.35. The zero-order chi connectivity index (χ0) is 18.8. The largest absolute Gasteiger partial charge is 0.349 e. The molecule has 5 rings (SSSR count). The molecule has 0 aliphatic carbocycles. The second-order valence-corrected chi connectivity index (χ2v) is 7.04. The minimum absolute atomic E-state index is 0.562. The summed E-state index contributed by atoms with van der Waals surface area (Å²) in [6.07, 6.45) is 5.57. The highest BCUT2D eigenvalue weighted by atomic mass is 32.1. The fraction of sp³-hybridized carbons (Fsp3) is 0.0476. The van der Waals surface area contributed by atoms with Crippen molar-refractivity contribution in [1.29, 1.82) is 0 Å². The molecule has 0 saturated heterocycles. The normalized spacial score (nSPS) is 11.0. The first-order chi connectivity index (χ1) is 13.9. The van der Waals surface area contributed by atoms with Gasteiger partial charge in [0.05, 0.1) is 23.6 Å². The van der Waals surface area contributed by atoms with Gasteiger partial charge < -0.3 is 5.32 Å². The summed E-state index contributed by atoms with van der Waals surface area (Å²) in [4.78, 5) is 19.2. The number of thiazole rings is 1. The zero-order valence-electron chi connectivity index (χ0n) is 14.9. The molecule has 0 amide bonds. The van der Waals surface area contributed by atoms with Crippen LogP contribution in [0, 0.1) is 0 Å². The van der Waals surface area contributed by atoms with E-state index in [1.807, 2.05) is 54.0 Å². The van der Waals surface area contributed by atoms with Gasteiger partial charge in [0, 0.05) is 29.5 Å². The topological polar surface area (TPSA) is 68.0 Å². The van der Waals surface area contributed by atoms with E-state index in [2.05, 4.69) is 31.8 Å². The number of pyridine rings is 1. The molecule has 7 heteroatoms. The van der Waals surface area contributed by atoms with Gasteiger partial charge in [0.25, 0.3) is 0 Å². The van der Waals surface area contributed by atoms with Gasteiger partial charge >= 0.3 is 0 Å². The maximum Gasteiger partial charge on any atom is 0.223 e. The van der Waals surface area contributed by atoms with Crippen molar-refractivity contribution >= 4 is 22.2 Å². The summed E-state index contributed by atoms with van der Waals surface area (Å²) < 4.78 is 2.08. The minimum atomic E-state index is 0.562. The molecule has 0 spiro atoms. The molecule has 6 nitrogen and oxygen atoms in total. The molecule has 136 valence electrons. The van der Waals surface area contributed by atoms with Crippen molar-refractivity contribution in [3.63, 3.8) is 0 Å². The SMILES string of the molecule is c1ccc(-c2nc3sccn3c2-c2ccnc(NCc3ccccn3)n2)cc1. The van der Waals surface area contributed by atoms with E-state index in [0.717, 1.165) is 33.3 Å². The fourth-order valence-corrected chi connectivity index (χ4v) is 3.79. The van der Waals surface area contributed by atoms with E-state index in [1.54, 1.807) is 23.7 Å². The number of hydrogen-bond acceptors (Lipinski definition) is 6. The van der Waals surface area contributed by atoms with E-state index >= 15 is 0 Å². The molecule has 0 unspecified atom stereocenters. The van der Waals surface area contributed by atoms with Crippen molar-refractivity contribution in [1.82, 2.24) is 24.3 Å². The molecule has 28 heavy (non-hydrogen) atoms. The monoisotopic (exact) mass is 384 g/mol. The third kappa shape index (κ3) is 3.12. The lowest BCUT2D eigenvalue weighted by Gasteiger charge is -2.07. The molecule has 0 bridgehead atoms. The van der Waals surface area contributed by atoms with E-state index < -0.39 is 0 Å². The molecule has 1 aromatic carbocycles. The molecular weight excluding hydrogens is 368 g/mol. The minimum Gasteiger partial charge on any atom is -0.349 e. The van der Waals surface area contributed by atoms with Gasteiger partial charge in [-0.25, -0.2) is 15.0 Å². The highest BCUT2D eigenvalue weighted by molar-refractivity contribution is 7.15. The third-order valence-electron chi connectivity index (χ3n) is 4.36. The summed E-state index contributed by atoms with van der Waals surface area (Å²) in [5, 5.41) is 5.28. The van der Waals surface area contributed by atoms with Crippen molar-refractivity contribution in [2.75, 3.05) is 5.32 Å². The molecule has 4 aromatic heterocycles. The Balaban J connectivity index is 1.54. The van der Waals surface area contributed by atoms with E-state index in [-0.39, 0.29) is 0 Å². The Hall–Kier alpha value is -3.58. The molecule has 0 aliphatic rings. The molecule has 0 fully saturated rings. The van der Waals surface area contributed by atoms with Crippen LogP contribution in [0.25, 0.3) is 27.6 Å². The lowest BCUT2D eigenvalue weighted by Crippen LogP contribution is -2.05. The molecule has 5 aromatic rings. The van der Waals surface area contributed by atoms with Crippen LogP contribution < -0.4 is 5.32 Å². The first-order valence-corrected chi connectivity index (χ1v) is 9.74. The van der Waals surface area contributed by atoms with Gasteiger partial charge in [0.1, 0.15) is 5.69 Å². The summed E-state index contributed by atoms with van der Waals surface area (Å²) in [6.45, 7) is 0.566. The Kier molecular flexibility index (Phi) is 4.27. The van der Waals surface area contributed by atoms with Gasteiger partial charge in [-0.2, -0.15) is 0 Å². The van der Waals surface area contributed by atoms with Gasteiger partial charge in [0.2, 0.25) is 5.95 Å². The highest BCUT2D eigenvalue weighted by Crippen LogP contribution is 2.33. The molecule has 0 atom stereocenters. The number of imidazole rings is 1. The smallest absolute Gasteiger partial charge is 0.223 e. The van der Waals surface area contributed by atoms with Crippen LogP contribution in [-0.2, 0) is 6.54 Å².